The van der Waals surface area contributed by atoms with Gasteiger partial charge in [-0.2, -0.15) is 0 Å². The maximum atomic E-state index is 10.4. The van der Waals surface area contributed by atoms with Gasteiger partial charge in [-0.05, 0) is 42.0 Å². The first-order valence-corrected chi connectivity index (χ1v) is 7.90. The summed E-state index contributed by atoms with van der Waals surface area (Å²) in [5.41, 5.74) is 6.47. The van der Waals surface area contributed by atoms with Crippen LogP contribution < -0.4 is 10.5 Å². The van der Waals surface area contributed by atoms with Crippen LogP contribution in [0.15, 0.2) is 54.6 Å². The highest BCUT2D eigenvalue weighted by atomic mass is 16.5. The smallest absolute Gasteiger partial charge is 0.140 e. The monoisotopic (exact) mass is 315 g/mol. The number of aliphatic hydroxyl groups is 2. The van der Waals surface area contributed by atoms with Gasteiger partial charge >= 0.3 is 0 Å². The zero-order valence-corrected chi connectivity index (χ0v) is 13.5. The van der Waals surface area contributed by atoms with E-state index < -0.39 is 5.72 Å². The van der Waals surface area contributed by atoms with Crippen molar-refractivity contribution < 1.29 is 14.9 Å². The molecule has 23 heavy (non-hydrogen) atoms. The minimum absolute atomic E-state index is 0.0994. The molecule has 0 heterocycles. The van der Waals surface area contributed by atoms with E-state index in [2.05, 4.69) is 0 Å². The van der Waals surface area contributed by atoms with Crippen LogP contribution in [0.5, 0.6) is 5.75 Å². The molecule has 4 N–H and O–H groups in total. The molecule has 124 valence electrons. The number of rotatable bonds is 8. The largest absolute Gasteiger partial charge is 0.493 e. The average molecular weight is 315 g/mol. The number of aliphatic hydroxyl groups excluding tert-OH is 1. The second kappa shape index (κ2) is 8.11. The lowest BCUT2D eigenvalue weighted by Gasteiger charge is -2.27. The Kier molecular flexibility index (Phi) is 6.16. The maximum absolute atomic E-state index is 10.4. The number of hydrogen-bond acceptors (Lipinski definition) is 4. The van der Waals surface area contributed by atoms with Gasteiger partial charge in [0.1, 0.15) is 11.5 Å². The van der Waals surface area contributed by atoms with E-state index >= 15 is 0 Å². The van der Waals surface area contributed by atoms with Gasteiger partial charge in [-0.25, -0.2) is 0 Å². The summed E-state index contributed by atoms with van der Waals surface area (Å²) in [4.78, 5) is 0. The van der Waals surface area contributed by atoms with Crippen LogP contribution >= 0.6 is 0 Å². The van der Waals surface area contributed by atoms with E-state index in [1.54, 1.807) is 0 Å². The van der Waals surface area contributed by atoms with Crippen molar-refractivity contribution >= 4 is 0 Å². The van der Waals surface area contributed by atoms with Crippen molar-refractivity contribution in [3.05, 3.63) is 65.7 Å². The summed E-state index contributed by atoms with van der Waals surface area (Å²) in [6, 6.07) is 16.9. The third-order valence-corrected chi connectivity index (χ3v) is 3.79. The molecular weight excluding hydrogens is 290 g/mol. The third kappa shape index (κ3) is 5.36. The third-order valence-electron chi connectivity index (χ3n) is 3.79. The molecule has 2 aromatic carbocycles. The Morgan fingerprint density at radius 2 is 1.74 bits per heavy atom. The molecule has 0 saturated carbocycles. The summed E-state index contributed by atoms with van der Waals surface area (Å²) in [6.07, 6.45) is 1.06. The molecule has 0 bridgehead atoms. The topological polar surface area (TPSA) is 75.7 Å². The van der Waals surface area contributed by atoms with E-state index in [0.717, 1.165) is 11.3 Å². The van der Waals surface area contributed by atoms with Gasteiger partial charge in [-0.3, -0.25) is 5.73 Å². The highest BCUT2D eigenvalue weighted by molar-refractivity contribution is 5.27. The van der Waals surface area contributed by atoms with Gasteiger partial charge in [0.2, 0.25) is 0 Å². The van der Waals surface area contributed by atoms with Gasteiger partial charge in [-0.15, -0.1) is 0 Å². The summed E-state index contributed by atoms with van der Waals surface area (Å²) in [7, 11) is 0. The zero-order valence-electron chi connectivity index (χ0n) is 13.5. The summed E-state index contributed by atoms with van der Waals surface area (Å²) >= 11 is 0. The van der Waals surface area contributed by atoms with Crippen LogP contribution in [0.25, 0.3) is 0 Å². The minimum atomic E-state index is -1.35. The van der Waals surface area contributed by atoms with Gasteiger partial charge in [0, 0.05) is 6.61 Å². The first kappa shape index (κ1) is 17.5. The summed E-state index contributed by atoms with van der Waals surface area (Å²) < 4.78 is 5.75. The number of benzene rings is 2. The van der Waals surface area contributed by atoms with Crippen molar-refractivity contribution in [1.82, 2.24) is 0 Å². The van der Waals surface area contributed by atoms with Crippen LogP contribution in [0.3, 0.4) is 0 Å². The van der Waals surface area contributed by atoms with Crippen molar-refractivity contribution in [2.45, 2.75) is 25.5 Å². The van der Waals surface area contributed by atoms with E-state index in [0.29, 0.717) is 25.0 Å². The Morgan fingerprint density at radius 3 is 2.35 bits per heavy atom. The molecule has 0 aromatic heterocycles. The first-order chi connectivity index (χ1) is 11.0. The number of hydrogen-bond donors (Lipinski definition) is 3. The van der Waals surface area contributed by atoms with Crippen LogP contribution in [0, 0.1) is 5.92 Å². The maximum Gasteiger partial charge on any atom is 0.140 e. The van der Waals surface area contributed by atoms with Crippen LogP contribution in [0.4, 0.5) is 0 Å². The van der Waals surface area contributed by atoms with Gasteiger partial charge in [0.15, 0.2) is 0 Å². The summed E-state index contributed by atoms with van der Waals surface area (Å²) in [5, 5.41) is 19.3. The predicted molar refractivity (Wildman–Crippen MR) is 91.0 cm³/mol. The fraction of sp³-hybridized carbons (Fsp3) is 0.368. The van der Waals surface area contributed by atoms with Crippen LogP contribution in [-0.4, -0.2) is 23.4 Å². The second-order valence-electron chi connectivity index (χ2n) is 6.03. The molecule has 1 unspecified atom stereocenters. The fourth-order valence-corrected chi connectivity index (χ4v) is 2.55. The Hall–Kier alpha value is -1.88. The number of nitrogens with two attached hydrogens (primary N) is 1. The van der Waals surface area contributed by atoms with E-state index in [4.69, 9.17) is 15.6 Å². The summed E-state index contributed by atoms with van der Waals surface area (Å²) in [6.45, 7) is 2.62. The Bertz CT molecular complexity index is 581. The van der Waals surface area contributed by atoms with Crippen LogP contribution in [-0.2, 0) is 12.1 Å². The van der Waals surface area contributed by atoms with Gasteiger partial charge in [-0.1, -0.05) is 49.4 Å². The van der Waals surface area contributed by atoms with Crippen molar-refractivity contribution in [1.29, 1.82) is 0 Å². The normalized spacial score (nSPS) is 15.0. The quantitative estimate of drug-likeness (QED) is 0.654. The Balaban J connectivity index is 1.86. The van der Waals surface area contributed by atoms with Crippen LogP contribution in [0.1, 0.15) is 24.5 Å². The molecule has 0 aliphatic carbocycles. The Morgan fingerprint density at radius 1 is 1.09 bits per heavy atom. The van der Waals surface area contributed by atoms with Crippen molar-refractivity contribution in [3.8, 4) is 5.75 Å². The molecule has 0 saturated heterocycles. The lowest BCUT2D eigenvalue weighted by atomic mass is 9.93. The van der Waals surface area contributed by atoms with Gasteiger partial charge < -0.3 is 14.9 Å². The van der Waals surface area contributed by atoms with Crippen molar-refractivity contribution in [2.24, 2.45) is 11.7 Å². The minimum Gasteiger partial charge on any atom is -0.493 e. The standard InChI is InChI=1S/C19H25NO3/c1-15(13-19(20,22)17-5-3-2-4-6-17)14-23-18-9-7-16(8-10-18)11-12-21/h2-10,15,21-22H,11-14,20H2,1H3/t15?,19-/m0/s1. The molecule has 0 fully saturated rings. The lowest BCUT2D eigenvalue weighted by Crippen LogP contribution is -2.38. The SMILES string of the molecule is CC(COc1ccc(CCO)cc1)C[C@](N)(O)c1ccccc1. The lowest BCUT2D eigenvalue weighted by molar-refractivity contribution is 0.0127. The molecule has 0 amide bonds. The molecule has 4 nitrogen and oxygen atoms in total. The zero-order chi connectivity index (χ0) is 16.7. The van der Waals surface area contributed by atoms with Crippen molar-refractivity contribution in [2.75, 3.05) is 13.2 Å². The summed E-state index contributed by atoms with van der Waals surface area (Å²) in [5.74, 6) is 0.876. The molecule has 0 spiro atoms. The molecule has 4 heteroatoms. The van der Waals surface area contributed by atoms with E-state index in [-0.39, 0.29) is 12.5 Å². The van der Waals surface area contributed by atoms with Crippen molar-refractivity contribution in [3.63, 3.8) is 0 Å². The predicted octanol–water partition coefficient (Wildman–Crippen LogP) is 2.43. The average Bonchev–Trinajstić information content (AvgIpc) is 2.55. The molecule has 2 aromatic rings. The number of ether oxygens (including phenoxy) is 1. The van der Waals surface area contributed by atoms with E-state index in [1.807, 2.05) is 61.5 Å². The molecule has 0 aliphatic heterocycles. The highest BCUT2D eigenvalue weighted by Gasteiger charge is 2.26. The fourth-order valence-electron chi connectivity index (χ4n) is 2.55. The van der Waals surface area contributed by atoms with Gasteiger partial charge in [0.25, 0.3) is 0 Å². The highest BCUT2D eigenvalue weighted by Crippen LogP contribution is 2.24. The molecule has 0 aliphatic rings. The Labute approximate surface area is 137 Å². The molecule has 0 radical (unpaired) electrons. The second-order valence-corrected chi connectivity index (χ2v) is 6.03. The van der Waals surface area contributed by atoms with Gasteiger partial charge in [0.05, 0.1) is 6.61 Å². The van der Waals surface area contributed by atoms with Crippen LogP contribution in [0.2, 0.25) is 0 Å². The molecule has 2 rings (SSSR count). The van der Waals surface area contributed by atoms with E-state index in [9.17, 15) is 5.11 Å². The molecular formula is C19H25NO3. The van der Waals surface area contributed by atoms with E-state index in [1.165, 1.54) is 0 Å². The molecule has 2 atom stereocenters. The first-order valence-electron chi connectivity index (χ1n) is 7.90.